The highest BCUT2D eigenvalue weighted by molar-refractivity contribution is 5.15. The molecule has 19 heavy (non-hydrogen) atoms. The van der Waals surface area contributed by atoms with Crippen molar-refractivity contribution in [2.24, 2.45) is 0 Å². The summed E-state index contributed by atoms with van der Waals surface area (Å²) in [7, 11) is 0. The van der Waals surface area contributed by atoms with Gasteiger partial charge in [-0.15, -0.1) is 0 Å². The summed E-state index contributed by atoms with van der Waals surface area (Å²) in [6.07, 6.45) is 4.23. The Balaban J connectivity index is 2.40. The Morgan fingerprint density at radius 2 is 1.79 bits per heavy atom. The number of unbranched alkanes of at least 4 members (excludes halogenated alkanes) is 2. The molecule has 0 aliphatic carbocycles. The van der Waals surface area contributed by atoms with Crippen LogP contribution in [0.4, 0.5) is 0 Å². The van der Waals surface area contributed by atoms with Crippen LogP contribution >= 0.6 is 0 Å². The maximum absolute atomic E-state index is 10.2. The number of hydrogen-bond acceptors (Lipinski definition) is 2. The molecule has 2 heteroatoms. The van der Waals surface area contributed by atoms with E-state index in [0.717, 1.165) is 19.5 Å². The van der Waals surface area contributed by atoms with E-state index in [1.165, 1.54) is 24.8 Å². The van der Waals surface area contributed by atoms with Gasteiger partial charge >= 0.3 is 0 Å². The van der Waals surface area contributed by atoms with Crippen LogP contribution in [0.5, 0.6) is 0 Å². The first kappa shape index (κ1) is 16.2. The van der Waals surface area contributed by atoms with Gasteiger partial charge in [0.15, 0.2) is 0 Å². The minimum absolute atomic E-state index is 0.272. The second kappa shape index (κ2) is 9.11. The lowest BCUT2D eigenvalue weighted by Crippen LogP contribution is -2.39. The van der Waals surface area contributed by atoms with E-state index in [-0.39, 0.29) is 6.10 Å². The van der Waals surface area contributed by atoms with Crippen molar-refractivity contribution in [3.8, 4) is 0 Å². The third-order valence-corrected chi connectivity index (χ3v) is 3.54. The van der Waals surface area contributed by atoms with Crippen LogP contribution in [0.1, 0.15) is 45.6 Å². The molecule has 1 unspecified atom stereocenters. The van der Waals surface area contributed by atoms with E-state index in [1.807, 2.05) is 18.2 Å². The number of rotatable bonds is 9. The van der Waals surface area contributed by atoms with Crippen molar-refractivity contribution in [2.75, 3.05) is 13.1 Å². The van der Waals surface area contributed by atoms with E-state index in [9.17, 15) is 5.11 Å². The maximum atomic E-state index is 10.2. The quantitative estimate of drug-likeness (QED) is 0.689. The fourth-order valence-electron chi connectivity index (χ4n) is 2.35. The molecule has 0 bridgehead atoms. The summed E-state index contributed by atoms with van der Waals surface area (Å²) in [5, 5.41) is 10.2. The third kappa shape index (κ3) is 6.74. The Bertz CT molecular complexity index is 323. The van der Waals surface area contributed by atoms with Gasteiger partial charge in [0.2, 0.25) is 0 Å². The highest BCUT2D eigenvalue weighted by atomic mass is 16.3. The van der Waals surface area contributed by atoms with Gasteiger partial charge in [-0.2, -0.15) is 0 Å². The van der Waals surface area contributed by atoms with Crippen LogP contribution in [0.25, 0.3) is 0 Å². The minimum atomic E-state index is -0.272. The van der Waals surface area contributed by atoms with Crippen molar-refractivity contribution in [2.45, 2.75) is 58.6 Å². The van der Waals surface area contributed by atoms with Crippen LogP contribution in [0.3, 0.4) is 0 Å². The van der Waals surface area contributed by atoms with E-state index < -0.39 is 0 Å². The Labute approximate surface area is 118 Å². The average molecular weight is 263 g/mol. The Morgan fingerprint density at radius 3 is 2.37 bits per heavy atom. The van der Waals surface area contributed by atoms with Crippen LogP contribution in [0, 0.1) is 0 Å². The fourth-order valence-corrected chi connectivity index (χ4v) is 2.35. The first-order valence-corrected chi connectivity index (χ1v) is 7.59. The second-order valence-electron chi connectivity index (χ2n) is 5.64. The molecule has 1 rings (SSSR count). The molecule has 0 heterocycles. The van der Waals surface area contributed by atoms with Gasteiger partial charge in [-0.3, -0.25) is 4.90 Å². The molecule has 108 valence electrons. The molecule has 0 aliphatic rings. The SMILES string of the molecule is CCCCCN(CC(O)Cc1ccccc1)C(C)C. The van der Waals surface area contributed by atoms with Crippen LogP contribution in [0.15, 0.2) is 30.3 Å². The average Bonchev–Trinajstić information content (AvgIpc) is 2.38. The topological polar surface area (TPSA) is 23.5 Å². The Kier molecular flexibility index (Phi) is 7.76. The molecular weight excluding hydrogens is 234 g/mol. The van der Waals surface area contributed by atoms with Gasteiger partial charge in [0.05, 0.1) is 6.10 Å². The second-order valence-corrected chi connectivity index (χ2v) is 5.64. The molecule has 1 aromatic carbocycles. The molecule has 0 saturated heterocycles. The van der Waals surface area contributed by atoms with E-state index in [4.69, 9.17) is 0 Å². The van der Waals surface area contributed by atoms with Crippen molar-refractivity contribution in [3.05, 3.63) is 35.9 Å². The summed E-state index contributed by atoms with van der Waals surface area (Å²) in [6.45, 7) is 8.51. The lowest BCUT2D eigenvalue weighted by molar-refractivity contribution is 0.0942. The normalized spacial score (nSPS) is 13.2. The molecule has 0 saturated carbocycles. The van der Waals surface area contributed by atoms with E-state index >= 15 is 0 Å². The number of aliphatic hydroxyl groups is 1. The first-order chi connectivity index (χ1) is 9.13. The van der Waals surface area contributed by atoms with Crippen molar-refractivity contribution < 1.29 is 5.11 Å². The van der Waals surface area contributed by atoms with Gasteiger partial charge in [0.1, 0.15) is 0 Å². The van der Waals surface area contributed by atoms with Gasteiger partial charge in [-0.25, -0.2) is 0 Å². The predicted octanol–water partition coefficient (Wildman–Crippen LogP) is 3.49. The van der Waals surface area contributed by atoms with Crippen LogP contribution in [-0.2, 0) is 6.42 Å². The number of hydrogen-bond donors (Lipinski definition) is 1. The van der Waals surface area contributed by atoms with Crippen molar-refractivity contribution in [1.29, 1.82) is 0 Å². The number of nitrogens with zero attached hydrogens (tertiary/aromatic N) is 1. The molecule has 0 radical (unpaired) electrons. The number of aliphatic hydroxyl groups excluding tert-OH is 1. The lowest BCUT2D eigenvalue weighted by atomic mass is 10.1. The zero-order valence-corrected chi connectivity index (χ0v) is 12.7. The zero-order chi connectivity index (χ0) is 14.1. The molecule has 0 aromatic heterocycles. The van der Waals surface area contributed by atoms with Gasteiger partial charge in [0, 0.05) is 12.6 Å². The fraction of sp³-hybridized carbons (Fsp3) is 0.647. The van der Waals surface area contributed by atoms with Gasteiger partial charge in [-0.05, 0) is 38.8 Å². The van der Waals surface area contributed by atoms with Crippen LogP contribution in [-0.4, -0.2) is 35.2 Å². The summed E-state index contributed by atoms with van der Waals surface area (Å²) < 4.78 is 0. The van der Waals surface area contributed by atoms with E-state index in [0.29, 0.717) is 6.04 Å². The van der Waals surface area contributed by atoms with E-state index in [1.54, 1.807) is 0 Å². The van der Waals surface area contributed by atoms with E-state index in [2.05, 4.69) is 37.8 Å². The molecule has 0 amide bonds. The molecule has 0 fully saturated rings. The summed E-state index contributed by atoms with van der Waals surface area (Å²) >= 11 is 0. The van der Waals surface area contributed by atoms with Crippen molar-refractivity contribution in [1.82, 2.24) is 4.90 Å². The molecule has 1 atom stereocenters. The van der Waals surface area contributed by atoms with Gasteiger partial charge in [0.25, 0.3) is 0 Å². The highest BCUT2D eigenvalue weighted by Crippen LogP contribution is 2.08. The van der Waals surface area contributed by atoms with Gasteiger partial charge in [-0.1, -0.05) is 50.1 Å². The Morgan fingerprint density at radius 1 is 1.11 bits per heavy atom. The summed E-state index contributed by atoms with van der Waals surface area (Å²) in [5.74, 6) is 0. The highest BCUT2D eigenvalue weighted by Gasteiger charge is 2.14. The van der Waals surface area contributed by atoms with Gasteiger partial charge < -0.3 is 5.11 Å². The molecule has 1 N–H and O–H groups in total. The summed E-state index contributed by atoms with van der Waals surface area (Å²) in [5.41, 5.74) is 1.22. The van der Waals surface area contributed by atoms with Crippen molar-refractivity contribution >= 4 is 0 Å². The van der Waals surface area contributed by atoms with Crippen LogP contribution < -0.4 is 0 Å². The Hall–Kier alpha value is -0.860. The molecular formula is C17H29NO. The first-order valence-electron chi connectivity index (χ1n) is 7.59. The summed E-state index contributed by atoms with van der Waals surface area (Å²) in [6, 6.07) is 10.7. The predicted molar refractivity (Wildman–Crippen MR) is 82.4 cm³/mol. The van der Waals surface area contributed by atoms with Crippen LogP contribution in [0.2, 0.25) is 0 Å². The smallest absolute Gasteiger partial charge is 0.0707 e. The molecule has 1 aromatic rings. The maximum Gasteiger partial charge on any atom is 0.0707 e. The largest absolute Gasteiger partial charge is 0.391 e. The molecule has 0 spiro atoms. The number of benzene rings is 1. The summed E-state index contributed by atoms with van der Waals surface area (Å²) in [4.78, 5) is 2.39. The minimum Gasteiger partial charge on any atom is -0.391 e. The third-order valence-electron chi connectivity index (χ3n) is 3.54. The molecule has 2 nitrogen and oxygen atoms in total. The zero-order valence-electron chi connectivity index (χ0n) is 12.7. The molecule has 0 aliphatic heterocycles. The lowest BCUT2D eigenvalue weighted by Gasteiger charge is -2.28. The monoisotopic (exact) mass is 263 g/mol. The van der Waals surface area contributed by atoms with Crippen molar-refractivity contribution in [3.63, 3.8) is 0 Å². The standard InChI is InChI=1S/C17H29NO/c1-4-5-9-12-18(15(2)3)14-17(19)13-16-10-7-6-8-11-16/h6-8,10-11,15,17,19H,4-5,9,12-14H2,1-3H3.